The van der Waals surface area contributed by atoms with Crippen LogP contribution in [0.15, 0.2) is 24.3 Å². The molecule has 2 N–H and O–H groups in total. The van der Waals surface area contributed by atoms with Gasteiger partial charge in [0.15, 0.2) is 0 Å². The van der Waals surface area contributed by atoms with Gasteiger partial charge in [-0.3, -0.25) is 4.79 Å². The normalized spacial score (nSPS) is 10.4. The Hall–Kier alpha value is -1.81. The van der Waals surface area contributed by atoms with Gasteiger partial charge in [0, 0.05) is 24.5 Å². The molecule has 0 spiro atoms. The van der Waals surface area contributed by atoms with Gasteiger partial charge in [-0.2, -0.15) is 0 Å². The predicted molar refractivity (Wildman–Crippen MR) is 88.2 cm³/mol. The van der Waals surface area contributed by atoms with E-state index in [1.807, 2.05) is 32.9 Å². The topological polar surface area (TPSA) is 61.5 Å². The van der Waals surface area contributed by atoms with E-state index < -0.39 is 0 Å². The predicted octanol–water partition coefficient (Wildman–Crippen LogP) is 3.91. The number of esters is 1. The van der Waals surface area contributed by atoms with Crippen LogP contribution in [0.25, 0.3) is 6.08 Å². The first-order valence-corrected chi connectivity index (χ1v) is 7.27. The quantitative estimate of drug-likeness (QED) is 0.508. The molecule has 0 saturated heterocycles. The molecule has 21 heavy (non-hydrogen) atoms. The highest BCUT2D eigenvalue weighted by molar-refractivity contribution is 5.76. The van der Waals surface area contributed by atoms with E-state index in [9.17, 15) is 4.79 Å². The lowest BCUT2D eigenvalue weighted by molar-refractivity contribution is -0.137. The number of anilines is 1. The minimum absolute atomic E-state index is 0.143. The Bertz CT molecular complexity index is 451. The molecule has 1 aromatic rings. The van der Waals surface area contributed by atoms with E-state index in [1.165, 1.54) is 0 Å². The summed E-state index contributed by atoms with van der Waals surface area (Å²) in [6, 6.07) is 5.21. The lowest BCUT2D eigenvalue weighted by Gasteiger charge is -2.10. The second-order valence-electron chi connectivity index (χ2n) is 4.65. The zero-order valence-corrected chi connectivity index (χ0v) is 13.7. The van der Waals surface area contributed by atoms with Crippen LogP contribution in [0.2, 0.25) is 0 Å². The number of ether oxygens (including phenoxy) is 2. The van der Waals surface area contributed by atoms with Crippen LogP contribution in [-0.4, -0.2) is 19.2 Å². The standard InChI is InChI=1S/C13H17NO2.C4H10O/c1-4-5-10-8-11(14)6-7-12(10)16-13(15)9(2)3;1-3-5-4-2/h4-9H,14H2,1-3H3;3-4H2,1-2H3/b5-4-;. The summed E-state index contributed by atoms with van der Waals surface area (Å²) >= 11 is 0. The first-order valence-electron chi connectivity index (χ1n) is 7.27. The SMILES string of the molecule is C/C=C\c1cc(N)ccc1OC(=O)C(C)C.CCOCC. The maximum absolute atomic E-state index is 11.5. The number of nitrogen functional groups attached to an aromatic ring is 1. The van der Waals surface area contributed by atoms with Crippen molar-refractivity contribution in [3.05, 3.63) is 29.8 Å². The van der Waals surface area contributed by atoms with E-state index in [-0.39, 0.29) is 11.9 Å². The molecule has 0 heterocycles. The van der Waals surface area contributed by atoms with Gasteiger partial charge in [0.05, 0.1) is 5.92 Å². The number of hydrogen-bond donors (Lipinski definition) is 1. The minimum atomic E-state index is -0.240. The number of carbonyl (C=O) groups is 1. The van der Waals surface area contributed by atoms with E-state index in [2.05, 4.69) is 0 Å². The van der Waals surface area contributed by atoms with Crippen LogP contribution in [0.3, 0.4) is 0 Å². The largest absolute Gasteiger partial charge is 0.426 e. The van der Waals surface area contributed by atoms with Gasteiger partial charge in [-0.1, -0.05) is 26.0 Å². The molecule has 0 radical (unpaired) electrons. The van der Waals surface area contributed by atoms with E-state index >= 15 is 0 Å². The molecule has 0 fully saturated rings. The van der Waals surface area contributed by atoms with E-state index in [0.29, 0.717) is 11.4 Å². The van der Waals surface area contributed by atoms with Gasteiger partial charge in [-0.15, -0.1) is 0 Å². The van der Waals surface area contributed by atoms with Crippen LogP contribution in [-0.2, 0) is 9.53 Å². The number of rotatable bonds is 5. The zero-order chi connectivity index (χ0) is 16.3. The van der Waals surface area contributed by atoms with Crippen LogP contribution in [0.4, 0.5) is 5.69 Å². The lowest BCUT2D eigenvalue weighted by atomic mass is 10.1. The van der Waals surface area contributed by atoms with Crippen molar-refractivity contribution < 1.29 is 14.3 Å². The van der Waals surface area contributed by atoms with Crippen molar-refractivity contribution in [2.75, 3.05) is 18.9 Å². The Kier molecular flexibility index (Phi) is 9.98. The molecule has 0 unspecified atom stereocenters. The number of allylic oxidation sites excluding steroid dienone is 1. The molecular formula is C17H27NO3. The van der Waals surface area contributed by atoms with Crippen molar-refractivity contribution in [3.63, 3.8) is 0 Å². The van der Waals surface area contributed by atoms with Gasteiger partial charge < -0.3 is 15.2 Å². The van der Waals surface area contributed by atoms with Crippen LogP contribution in [0.1, 0.15) is 40.2 Å². The maximum Gasteiger partial charge on any atom is 0.313 e. The summed E-state index contributed by atoms with van der Waals surface area (Å²) in [6.07, 6.45) is 3.74. The number of nitrogens with two attached hydrogens (primary N) is 1. The lowest BCUT2D eigenvalue weighted by Crippen LogP contribution is -2.15. The molecule has 1 aromatic carbocycles. The third-order valence-corrected chi connectivity index (χ3v) is 2.47. The summed E-state index contributed by atoms with van der Waals surface area (Å²) in [5, 5.41) is 0. The molecule has 4 nitrogen and oxygen atoms in total. The smallest absolute Gasteiger partial charge is 0.313 e. The van der Waals surface area contributed by atoms with E-state index in [0.717, 1.165) is 18.8 Å². The highest BCUT2D eigenvalue weighted by atomic mass is 16.5. The van der Waals surface area contributed by atoms with E-state index in [1.54, 1.807) is 32.0 Å². The van der Waals surface area contributed by atoms with Crippen molar-refractivity contribution >= 4 is 17.7 Å². The Labute approximate surface area is 127 Å². The average Bonchev–Trinajstić information content (AvgIpc) is 2.43. The third kappa shape index (κ3) is 8.15. The van der Waals surface area contributed by atoms with Crippen molar-refractivity contribution in [1.82, 2.24) is 0 Å². The molecule has 0 amide bonds. The van der Waals surface area contributed by atoms with Gasteiger partial charge in [0.2, 0.25) is 0 Å². The Morgan fingerprint density at radius 1 is 1.29 bits per heavy atom. The number of carbonyl (C=O) groups excluding carboxylic acids is 1. The second-order valence-corrected chi connectivity index (χ2v) is 4.65. The van der Waals surface area contributed by atoms with Crippen molar-refractivity contribution in [1.29, 1.82) is 0 Å². The molecule has 0 aliphatic heterocycles. The van der Waals surface area contributed by atoms with Gasteiger partial charge in [-0.25, -0.2) is 0 Å². The Balaban J connectivity index is 0.000000690. The summed E-state index contributed by atoms with van der Waals surface area (Å²) in [6.45, 7) is 11.2. The van der Waals surface area contributed by atoms with Crippen molar-refractivity contribution in [3.8, 4) is 5.75 Å². The highest BCUT2D eigenvalue weighted by Gasteiger charge is 2.11. The highest BCUT2D eigenvalue weighted by Crippen LogP contribution is 2.23. The fourth-order valence-corrected chi connectivity index (χ4v) is 1.40. The molecule has 0 aliphatic rings. The van der Waals surface area contributed by atoms with Gasteiger partial charge in [-0.05, 0) is 39.0 Å². The first-order chi connectivity index (χ1) is 9.96. The molecule has 0 bridgehead atoms. The zero-order valence-electron chi connectivity index (χ0n) is 13.7. The van der Waals surface area contributed by atoms with Crippen molar-refractivity contribution in [2.45, 2.75) is 34.6 Å². The molecule has 4 heteroatoms. The fourth-order valence-electron chi connectivity index (χ4n) is 1.40. The van der Waals surface area contributed by atoms with Crippen LogP contribution in [0.5, 0.6) is 5.75 Å². The van der Waals surface area contributed by atoms with Crippen LogP contribution in [0, 0.1) is 5.92 Å². The molecule has 0 aliphatic carbocycles. The fraction of sp³-hybridized carbons (Fsp3) is 0.471. The summed E-state index contributed by atoms with van der Waals surface area (Å²) in [5.74, 6) is 0.164. The molecule has 0 aromatic heterocycles. The number of benzene rings is 1. The summed E-state index contributed by atoms with van der Waals surface area (Å²) in [4.78, 5) is 11.5. The van der Waals surface area contributed by atoms with Crippen molar-refractivity contribution in [2.24, 2.45) is 5.92 Å². The van der Waals surface area contributed by atoms with Crippen LogP contribution < -0.4 is 10.5 Å². The first kappa shape index (κ1) is 19.2. The molecule has 118 valence electrons. The summed E-state index contributed by atoms with van der Waals surface area (Å²) in [7, 11) is 0. The Morgan fingerprint density at radius 2 is 1.90 bits per heavy atom. The second kappa shape index (κ2) is 10.9. The minimum Gasteiger partial charge on any atom is -0.426 e. The monoisotopic (exact) mass is 293 g/mol. The Morgan fingerprint density at radius 3 is 2.33 bits per heavy atom. The maximum atomic E-state index is 11.5. The van der Waals surface area contributed by atoms with E-state index in [4.69, 9.17) is 15.2 Å². The van der Waals surface area contributed by atoms with Gasteiger partial charge in [0.1, 0.15) is 5.75 Å². The summed E-state index contributed by atoms with van der Waals surface area (Å²) in [5.41, 5.74) is 7.14. The molecule has 0 saturated carbocycles. The van der Waals surface area contributed by atoms with Gasteiger partial charge >= 0.3 is 5.97 Å². The summed E-state index contributed by atoms with van der Waals surface area (Å²) < 4.78 is 10.1. The number of hydrogen-bond acceptors (Lipinski definition) is 4. The molecular weight excluding hydrogens is 266 g/mol. The van der Waals surface area contributed by atoms with Gasteiger partial charge in [0.25, 0.3) is 0 Å². The third-order valence-electron chi connectivity index (χ3n) is 2.47. The average molecular weight is 293 g/mol. The molecule has 0 atom stereocenters. The van der Waals surface area contributed by atoms with Crippen LogP contribution >= 0.6 is 0 Å². The molecule has 1 rings (SSSR count).